The number of hydrogen-bond acceptors (Lipinski definition) is 4. The van der Waals surface area contributed by atoms with Crippen LogP contribution in [0.25, 0.3) is 11.3 Å². The predicted octanol–water partition coefficient (Wildman–Crippen LogP) is 2.87. The predicted molar refractivity (Wildman–Crippen MR) is 87.1 cm³/mol. The number of hydrogen-bond donors (Lipinski definition) is 1. The van der Waals surface area contributed by atoms with Gasteiger partial charge < -0.3 is 14.4 Å². The first-order valence-corrected chi connectivity index (χ1v) is 8.29. The van der Waals surface area contributed by atoms with Crippen molar-refractivity contribution in [3.05, 3.63) is 41.9 Å². The number of carboxylic acid groups (broad SMARTS) is 1. The van der Waals surface area contributed by atoms with Gasteiger partial charge in [0.05, 0.1) is 17.7 Å². The molecule has 1 aromatic heterocycles. The van der Waals surface area contributed by atoms with E-state index in [0.29, 0.717) is 13.0 Å². The summed E-state index contributed by atoms with van der Waals surface area (Å²) in [6.07, 6.45) is 2.09. The van der Waals surface area contributed by atoms with Gasteiger partial charge >= 0.3 is 5.97 Å². The number of carbonyl (C=O) groups excluding carboxylic acids is 1. The Labute approximate surface area is 148 Å². The van der Waals surface area contributed by atoms with Gasteiger partial charge in [0.1, 0.15) is 11.6 Å². The second kappa shape index (κ2) is 7.23. The molecule has 1 amide bonds. The maximum absolute atomic E-state index is 13.8. The number of carbonyl (C=O) groups is 2. The molecule has 6 nitrogen and oxygen atoms in total. The first kappa shape index (κ1) is 18.0. The molecule has 0 spiro atoms. The number of aryl methyl sites for hydroxylation is 1. The number of likely N-dealkylation sites (tertiary alicyclic amines) is 1. The molecule has 2 unspecified atom stereocenters. The van der Waals surface area contributed by atoms with E-state index in [1.165, 1.54) is 12.3 Å². The second-order valence-electron chi connectivity index (χ2n) is 6.30. The summed E-state index contributed by atoms with van der Waals surface area (Å²) in [5.74, 6) is -2.64. The molecular formula is C18H18F2N2O4. The summed E-state index contributed by atoms with van der Waals surface area (Å²) in [4.78, 5) is 29.0. The molecule has 2 atom stereocenters. The summed E-state index contributed by atoms with van der Waals surface area (Å²) < 4.78 is 32.2. The fourth-order valence-corrected chi connectivity index (χ4v) is 3.22. The first-order valence-electron chi connectivity index (χ1n) is 8.29. The largest absolute Gasteiger partial charge is 0.481 e. The van der Waals surface area contributed by atoms with Crippen molar-refractivity contribution < 1.29 is 27.9 Å². The summed E-state index contributed by atoms with van der Waals surface area (Å²) in [6, 6.07) is 2.79. The van der Waals surface area contributed by atoms with E-state index in [9.17, 15) is 18.4 Å². The van der Waals surface area contributed by atoms with E-state index in [1.54, 1.807) is 11.8 Å². The van der Waals surface area contributed by atoms with Gasteiger partial charge in [-0.2, -0.15) is 0 Å². The van der Waals surface area contributed by atoms with Gasteiger partial charge in [-0.05, 0) is 25.5 Å². The summed E-state index contributed by atoms with van der Waals surface area (Å²) in [5.41, 5.74) is 0.0916. The standard InChI is InChI=1S/C18H18F2N2O4/c1-10-12(18(24)25)6-7-22(10)17(23)5-4-16-21-9-15(26-16)13-3-2-11(19)8-14(13)20/h2-3,8-10,12H,4-7H2,1H3,(H,24,25). The molecule has 2 aromatic rings. The number of oxazole rings is 1. The van der Waals surface area contributed by atoms with Crippen molar-refractivity contribution >= 4 is 11.9 Å². The third-order valence-electron chi connectivity index (χ3n) is 4.70. The van der Waals surface area contributed by atoms with Crippen LogP contribution in [0.4, 0.5) is 8.78 Å². The number of carboxylic acids is 1. The van der Waals surface area contributed by atoms with Crippen LogP contribution in [0.15, 0.2) is 28.8 Å². The molecule has 26 heavy (non-hydrogen) atoms. The summed E-state index contributed by atoms with van der Waals surface area (Å²) in [7, 11) is 0. The zero-order valence-electron chi connectivity index (χ0n) is 14.1. The molecule has 2 heterocycles. The Morgan fingerprint density at radius 1 is 1.38 bits per heavy atom. The number of benzene rings is 1. The maximum atomic E-state index is 13.8. The highest BCUT2D eigenvalue weighted by Gasteiger charge is 2.37. The summed E-state index contributed by atoms with van der Waals surface area (Å²) in [5, 5.41) is 9.12. The summed E-state index contributed by atoms with van der Waals surface area (Å²) >= 11 is 0. The Morgan fingerprint density at radius 3 is 2.81 bits per heavy atom. The van der Waals surface area contributed by atoms with Crippen LogP contribution in [0.5, 0.6) is 0 Å². The zero-order chi connectivity index (χ0) is 18.8. The molecule has 3 rings (SSSR count). The molecule has 1 N–H and O–H groups in total. The molecule has 1 fully saturated rings. The van der Waals surface area contributed by atoms with E-state index in [4.69, 9.17) is 9.52 Å². The molecule has 1 aliphatic rings. The van der Waals surface area contributed by atoms with Gasteiger partial charge in [-0.25, -0.2) is 13.8 Å². The van der Waals surface area contributed by atoms with Crippen LogP contribution < -0.4 is 0 Å². The smallest absolute Gasteiger partial charge is 0.308 e. The van der Waals surface area contributed by atoms with E-state index in [-0.39, 0.29) is 42.0 Å². The molecule has 1 saturated heterocycles. The Bertz CT molecular complexity index is 836. The monoisotopic (exact) mass is 364 g/mol. The lowest BCUT2D eigenvalue weighted by Gasteiger charge is -2.23. The molecular weight excluding hydrogens is 346 g/mol. The molecule has 8 heteroatoms. The number of aromatic nitrogens is 1. The zero-order valence-corrected chi connectivity index (χ0v) is 14.1. The van der Waals surface area contributed by atoms with Crippen molar-refractivity contribution in [2.24, 2.45) is 5.92 Å². The van der Waals surface area contributed by atoms with Gasteiger partial charge in [-0.15, -0.1) is 0 Å². The van der Waals surface area contributed by atoms with Crippen molar-refractivity contribution in [2.45, 2.75) is 32.2 Å². The van der Waals surface area contributed by atoms with Crippen LogP contribution in [0.1, 0.15) is 25.7 Å². The van der Waals surface area contributed by atoms with Crippen molar-refractivity contribution in [3.63, 3.8) is 0 Å². The lowest BCUT2D eigenvalue weighted by molar-refractivity contribution is -0.143. The van der Waals surface area contributed by atoms with Crippen LogP contribution in [0.3, 0.4) is 0 Å². The molecule has 1 aliphatic heterocycles. The van der Waals surface area contributed by atoms with Crippen LogP contribution in [-0.4, -0.2) is 39.5 Å². The minimum Gasteiger partial charge on any atom is -0.481 e. The minimum absolute atomic E-state index is 0.0916. The van der Waals surface area contributed by atoms with E-state index >= 15 is 0 Å². The van der Waals surface area contributed by atoms with Gasteiger partial charge in [-0.1, -0.05) is 0 Å². The van der Waals surface area contributed by atoms with E-state index in [1.807, 2.05) is 0 Å². The van der Waals surface area contributed by atoms with Crippen LogP contribution in [0, 0.1) is 17.6 Å². The highest BCUT2D eigenvalue weighted by Crippen LogP contribution is 2.27. The number of rotatable bonds is 5. The Morgan fingerprint density at radius 2 is 2.15 bits per heavy atom. The van der Waals surface area contributed by atoms with Crippen LogP contribution >= 0.6 is 0 Å². The Kier molecular flexibility index (Phi) is 5.01. The normalized spacial score (nSPS) is 19.7. The quantitative estimate of drug-likeness (QED) is 0.882. The van der Waals surface area contributed by atoms with Crippen LogP contribution in [0.2, 0.25) is 0 Å². The topological polar surface area (TPSA) is 83.6 Å². The van der Waals surface area contributed by atoms with Gasteiger partial charge in [0.15, 0.2) is 11.7 Å². The van der Waals surface area contributed by atoms with Gasteiger partial charge in [-0.3, -0.25) is 9.59 Å². The van der Waals surface area contributed by atoms with Gasteiger partial charge in [0, 0.05) is 31.5 Å². The number of nitrogens with zero attached hydrogens (tertiary/aromatic N) is 2. The average Bonchev–Trinajstić information content (AvgIpc) is 3.19. The van der Waals surface area contributed by atoms with Crippen LogP contribution in [-0.2, 0) is 16.0 Å². The molecule has 138 valence electrons. The van der Waals surface area contributed by atoms with Gasteiger partial charge in [0.25, 0.3) is 0 Å². The third kappa shape index (κ3) is 3.58. The number of halogens is 2. The SMILES string of the molecule is CC1C(C(=O)O)CCN1C(=O)CCc1ncc(-c2ccc(F)cc2F)o1. The number of aliphatic carboxylic acids is 1. The minimum atomic E-state index is -0.897. The molecule has 1 aromatic carbocycles. The first-order chi connectivity index (χ1) is 12.4. The third-order valence-corrected chi connectivity index (χ3v) is 4.70. The number of amides is 1. The second-order valence-corrected chi connectivity index (χ2v) is 6.30. The van der Waals surface area contributed by atoms with Crippen molar-refractivity contribution in [3.8, 4) is 11.3 Å². The summed E-state index contributed by atoms with van der Waals surface area (Å²) in [6.45, 7) is 2.14. The molecule has 0 aliphatic carbocycles. The highest BCUT2D eigenvalue weighted by molar-refractivity contribution is 5.79. The van der Waals surface area contributed by atoms with Gasteiger partial charge in [0.2, 0.25) is 5.91 Å². The molecule has 0 radical (unpaired) electrons. The van der Waals surface area contributed by atoms with E-state index < -0.39 is 23.5 Å². The lowest BCUT2D eigenvalue weighted by atomic mass is 10.0. The van der Waals surface area contributed by atoms with E-state index in [0.717, 1.165) is 12.1 Å². The van der Waals surface area contributed by atoms with Crippen molar-refractivity contribution in [1.29, 1.82) is 0 Å². The molecule has 0 saturated carbocycles. The Hall–Kier alpha value is -2.77. The molecule has 0 bridgehead atoms. The van der Waals surface area contributed by atoms with Crippen molar-refractivity contribution in [2.75, 3.05) is 6.54 Å². The average molecular weight is 364 g/mol. The van der Waals surface area contributed by atoms with E-state index in [2.05, 4.69) is 4.98 Å². The van der Waals surface area contributed by atoms with Crippen molar-refractivity contribution in [1.82, 2.24) is 9.88 Å². The fourth-order valence-electron chi connectivity index (χ4n) is 3.22. The lowest BCUT2D eigenvalue weighted by Crippen LogP contribution is -2.37. The highest BCUT2D eigenvalue weighted by atomic mass is 19.1. The fraction of sp³-hybridized carbons (Fsp3) is 0.389. The maximum Gasteiger partial charge on any atom is 0.308 e. The Balaban J connectivity index is 1.62.